The average molecular weight is 322 g/mol. The molecule has 0 aromatic carbocycles. The van der Waals surface area contributed by atoms with Crippen molar-refractivity contribution in [1.82, 2.24) is 5.32 Å². The van der Waals surface area contributed by atoms with E-state index in [1.54, 1.807) is 0 Å². The number of esters is 1. The van der Waals surface area contributed by atoms with Gasteiger partial charge in [-0.3, -0.25) is 4.79 Å². The molecule has 2 aliphatic carbocycles. The fraction of sp³-hybridized carbons (Fsp3) is 0.833. The Balaban J connectivity index is 1.93. The van der Waals surface area contributed by atoms with Crippen molar-refractivity contribution < 1.29 is 14.3 Å². The number of Topliss-reactive ketones (excluding diaryl/α,β-unsaturated/α-hetero) is 1. The van der Waals surface area contributed by atoms with E-state index in [4.69, 9.17) is 4.74 Å². The predicted octanol–water partition coefficient (Wildman–Crippen LogP) is 3.51. The van der Waals surface area contributed by atoms with Crippen LogP contribution in [0, 0.1) is 0 Å². The van der Waals surface area contributed by atoms with Crippen molar-refractivity contribution in [2.24, 2.45) is 4.99 Å². The van der Waals surface area contributed by atoms with Crippen molar-refractivity contribution in [3.8, 4) is 0 Å². The summed E-state index contributed by atoms with van der Waals surface area (Å²) >= 11 is 0. The van der Waals surface area contributed by atoms with Crippen LogP contribution in [0.25, 0.3) is 0 Å². The number of aliphatic imine (C=N–C) groups is 1. The number of rotatable bonds is 5. The quantitative estimate of drug-likeness (QED) is 0.478. The summed E-state index contributed by atoms with van der Waals surface area (Å²) in [6, 6.07) is 1.000. The number of carbonyl (C=O) groups is 2. The van der Waals surface area contributed by atoms with E-state index in [0.29, 0.717) is 12.1 Å². The molecule has 0 aromatic rings. The average Bonchev–Trinajstić information content (AvgIpc) is 2.55. The molecule has 5 heteroatoms. The fourth-order valence-electron chi connectivity index (χ4n) is 3.33. The van der Waals surface area contributed by atoms with Gasteiger partial charge in [0.1, 0.15) is 5.78 Å². The molecular weight excluding hydrogens is 292 g/mol. The summed E-state index contributed by atoms with van der Waals surface area (Å²) in [6.07, 6.45) is 12.1. The maximum atomic E-state index is 11.9. The van der Waals surface area contributed by atoms with Crippen LogP contribution < -0.4 is 5.32 Å². The molecule has 2 aliphatic rings. The molecule has 0 saturated heterocycles. The Morgan fingerprint density at radius 1 is 0.957 bits per heavy atom. The second kappa shape index (κ2) is 9.68. The van der Waals surface area contributed by atoms with Crippen molar-refractivity contribution in [2.75, 3.05) is 0 Å². The first-order valence-corrected chi connectivity index (χ1v) is 9.18. The lowest BCUT2D eigenvalue weighted by molar-refractivity contribution is -0.137. The molecular formula is C18H30N2O3. The summed E-state index contributed by atoms with van der Waals surface area (Å²) in [7, 11) is 0. The van der Waals surface area contributed by atoms with Crippen molar-refractivity contribution in [3.63, 3.8) is 0 Å². The number of amidine groups is 1. The van der Waals surface area contributed by atoms with E-state index < -0.39 is 0 Å². The normalized spacial score (nSPS) is 21.0. The van der Waals surface area contributed by atoms with Gasteiger partial charge in [-0.25, -0.2) is 4.99 Å². The lowest BCUT2D eigenvalue weighted by Crippen LogP contribution is -2.39. The van der Waals surface area contributed by atoms with Gasteiger partial charge >= 0.3 is 5.97 Å². The Kier molecular flexibility index (Phi) is 7.56. The molecule has 0 bridgehead atoms. The van der Waals surface area contributed by atoms with Gasteiger partial charge in [0.15, 0.2) is 0 Å². The molecule has 0 unspecified atom stereocenters. The second-order valence-corrected chi connectivity index (χ2v) is 6.88. The van der Waals surface area contributed by atoms with Crippen LogP contribution in [-0.4, -0.2) is 29.9 Å². The van der Waals surface area contributed by atoms with Crippen LogP contribution in [0.3, 0.4) is 0 Å². The molecule has 2 rings (SSSR count). The van der Waals surface area contributed by atoms with Gasteiger partial charge in [-0.2, -0.15) is 0 Å². The number of nitrogens with one attached hydrogen (secondary N) is 1. The first-order valence-electron chi connectivity index (χ1n) is 9.18. The second-order valence-electron chi connectivity index (χ2n) is 6.88. The van der Waals surface area contributed by atoms with Gasteiger partial charge in [-0.1, -0.05) is 38.5 Å². The molecule has 0 radical (unpaired) electrons. The Labute approximate surface area is 139 Å². The fourth-order valence-corrected chi connectivity index (χ4v) is 3.33. The third-order valence-corrected chi connectivity index (χ3v) is 4.70. The standard InChI is InChI=1S/C18H30N2O3/c1-14(21)12-13-17(22)23-18(19-15-8-4-2-5-9-15)20-16-10-6-3-7-11-16/h15-16H,2-13H2,1H3,(H,19,20). The minimum atomic E-state index is -0.363. The van der Waals surface area contributed by atoms with Crippen LogP contribution in [0.5, 0.6) is 0 Å². The highest BCUT2D eigenvalue weighted by Gasteiger charge is 2.20. The molecule has 0 aromatic heterocycles. The molecule has 0 heterocycles. The SMILES string of the molecule is CC(=O)CCC(=O)OC(=NC1CCCCC1)NC1CCCCC1. The van der Waals surface area contributed by atoms with E-state index in [9.17, 15) is 9.59 Å². The lowest BCUT2D eigenvalue weighted by Gasteiger charge is -2.25. The largest absolute Gasteiger partial charge is 0.393 e. The van der Waals surface area contributed by atoms with Gasteiger partial charge in [0.2, 0.25) is 0 Å². The number of hydrogen-bond acceptors (Lipinski definition) is 4. The zero-order chi connectivity index (χ0) is 16.5. The molecule has 2 saturated carbocycles. The van der Waals surface area contributed by atoms with E-state index in [-0.39, 0.29) is 30.6 Å². The van der Waals surface area contributed by atoms with Gasteiger partial charge in [-0.05, 0) is 32.6 Å². The van der Waals surface area contributed by atoms with E-state index in [1.807, 2.05) is 0 Å². The summed E-state index contributed by atoms with van der Waals surface area (Å²) in [5.74, 6) is -0.356. The number of hydrogen-bond donors (Lipinski definition) is 1. The molecule has 5 nitrogen and oxygen atoms in total. The van der Waals surface area contributed by atoms with Crippen LogP contribution in [-0.2, 0) is 14.3 Å². The summed E-state index contributed by atoms with van der Waals surface area (Å²) in [4.78, 5) is 27.6. The minimum absolute atomic E-state index is 0.00737. The summed E-state index contributed by atoms with van der Waals surface area (Å²) < 4.78 is 5.45. The van der Waals surface area contributed by atoms with E-state index in [2.05, 4.69) is 10.3 Å². The summed E-state index contributed by atoms with van der Waals surface area (Å²) in [6.45, 7) is 1.49. The summed E-state index contributed by atoms with van der Waals surface area (Å²) in [5.41, 5.74) is 0. The first-order chi connectivity index (χ1) is 11.1. The van der Waals surface area contributed by atoms with E-state index in [1.165, 1.54) is 45.4 Å². The third-order valence-electron chi connectivity index (χ3n) is 4.70. The number of ketones is 1. The topological polar surface area (TPSA) is 67.8 Å². The van der Waals surface area contributed by atoms with Crippen molar-refractivity contribution in [1.29, 1.82) is 0 Å². The number of ether oxygens (including phenoxy) is 1. The van der Waals surface area contributed by atoms with Gasteiger partial charge in [0.05, 0.1) is 12.5 Å². The van der Waals surface area contributed by atoms with Crippen LogP contribution >= 0.6 is 0 Å². The van der Waals surface area contributed by atoms with Gasteiger partial charge in [0.25, 0.3) is 6.02 Å². The Morgan fingerprint density at radius 2 is 1.57 bits per heavy atom. The molecule has 130 valence electrons. The first kappa shape index (κ1) is 18.0. The van der Waals surface area contributed by atoms with Crippen LogP contribution in [0.2, 0.25) is 0 Å². The third kappa shape index (κ3) is 7.14. The summed E-state index contributed by atoms with van der Waals surface area (Å²) in [5, 5.41) is 3.34. The number of nitrogens with zero attached hydrogens (tertiary/aromatic N) is 1. The maximum absolute atomic E-state index is 11.9. The van der Waals surface area contributed by atoms with Gasteiger partial charge < -0.3 is 14.8 Å². The minimum Gasteiger partial charge on any atom is -0.393 e. The smallest absolute Gasteiger partial charge is 0.313 e. The lowest BCUT2D eigenvalue weighted by atomic mass is 9.95. The van der Waals surface area contributed by atoms with E-state index in [0.717, 1.165) is 25.7 Å². The van der Waals surface area contributed by atoms with Crippen LogP contribution in [0.1, 0.15) is 84.0 Å². The van der Waals surface area contributed by atoms with Crippen molar-refractivity contribution in [3.05, 3.63) is 0 Å². The Hall–Kier alpha value is -1.39. The Morgan fingerprint density at radius 3 is 2.17 bits per heavy atom. The molecule has 0 spiro atoms. The predicted molar refractivity (Wildman–Crippen MR) is 90.3 cm³/mol. The highest BCUT2D eigenvalue weighted by atomic mass is 16.6. The molecule has 0 atom stereocenters. The van der Waals surface area contributed by atoms with Gasteiger partial charge in [0, 0.05) is 12.5 Å². The molecule has 23 heavy (non-hydrogen) atoms. The Bertz CT molecular complexity index is 422. The molecule has 2 fully saturated rings. The monoisotopic (exact) mass is 322 g/mol. The zero-order valence-electron chi connectivity index (χ0n) is 14.3. The molecule has 1 N–H and O–H groups in total. The zero-order valence-corrected chi connectivity index (χ0v) is 14.3. The molecule has 0 aliphatic heterocycles. The van der Waals surface area contributed by atoms with Crippen LogP contribution in [0.15, 0.2) is 4.99 Å². The van der Waals surface area contributed by atoms with Crippen molar-refractivity contribution in [2.45, 2.75) is 96.1 Å². The van der Waals surface area contributed by atoms with Crippen LogP contribution in [0.4, 0.5) is 0 Å². The van der Waals surface area contributed by atoms with Gasteiger partial charge in [-0.15, -0.1) is 0 Å². The number of carbonyl (C=O) groups excluding carboxylic acids is 2. The highest BCUT2D eigenvalue weighted by Crippen LogP contribution is 2.21. The van der Waals surface area contributed by atoms with E-state index >= 15 is 0 Å². The van der Waals surface area contributed by atoms with Crippen molar-refractivity contribution >= 4 is 17.8 Å². The highest BCUT2D eigenvalue weighted by molar-refractivity contribution is 5.89. The maximum Gasteiger partial charge on any atom is 0.313 e. The molecule has 0 amide bonds.